The number of benzene rings is 1. The van der Waals surface area contributed by atoms with E-state index in [1.807, 2.05) is 29.2 Å². The van der Waals surface area contributed by atoms with Gasteiger partial charge in [-0.05, 0) is 44.3 Å². The van der Waals surface area contributed by atoms with E-state index in [9.17, 15) is 4.79 Å². The summed E-state index contributed by atoms with van der Waals surface area (Å²) in [6.45, 7) is 3.73. The number of hydrogen-bond acceptors (Lipinski definition) is 4. The molecule has 0 aliphatic carbocycles. The Morgan fingerprint density at radius 3 is 2.70 bits per heavy atom. The van der Waals surface area contributed by atoms with Gasteiger partial charge >= 0.3 is 0 Å². The Balaban J connectivity index is 1.84. The first-order valence-corrected chi connectivity index (χ1v) is 7.90. The Morgan fingerprint density at radius 1 is 1.26 bits per heavy atom. The van der Waals surface area contributed by atoms with Crippen LogP contribution in [0.15, 0.2) is 30.3 Å². The number of likely N-dealkylation sites (N-methyl/N-ethyl adjacent to an activating group) is 1. The molecular weight excluding hydrogens is 290 g/mol. The van der Waals surface area contributed by atoms with Crippen LogP contribution in [0.2, 0.25) is 0 Å². The number of ether oxygens (including phenoxy) is 1. The fourth-order valence-electron chi connectivity index (χ4n) is 3.30. The minimum atomic E-state index is 0.0129. The van der Waals surface area contributed by atoms with Crippen LogP contribution in [0.4, 0.5) is 0 Å². The third-order valence-corrected chi connectivity index (χ3v) is 4.64. The molecule has 2 heterocycles. The molecule has 122 valence electrons. The number of amides is 1. The van der Waals surface area contributed by atoms with Gasteiger partial charge in [0.1, 0.15) is 11.4 Å². The van der Waals surface area contributed by atoms with E-state index in [2.05, 4.69) is 30.9 Å². The van der Waals surface area contributed by atoms with Crippen molar-refractivity contribution in [3.8, 4) is 5.75 Å². The molecule has 0 spiro atoms. The van der Waals surface area contributed by atoms with E-state index >= 15 is 0 Å². The molecular formula is C18H23N3O2. The van der Waals surface area contributed by atoms with Gasteiger partial charge in [0.05, 0.1) is 12.6 Å². The van der Waals surface area contributed by atoms with Gasteiger partial charge in [-0.2, -0.15) is 0 Å². The van der Waals surface area contributed by atoms with Crippen LogP contribution in [0.3, 0.4) is 0 Å². The number of carbonyl (C=O) groups excluding carboxylic acids is 1. The number of likely N-dealkylation sites (tertiary alicyclic amines) is 1. The lowest BCUT2D eigenvalue weighted by Gasteiger charge is -2.22. The first-order valence-electron chi connectivity index (χ1n) is 7.90. The molecule has 0 unspecified atom stereocenters. The fraction of sp³-hybridized carbons (Fsp3) is 0.444. The lowest BCUT2D eigenvalue weighted by atomic mass is 10.1. The number of fused-ring (bicyclic) bond motifs is 1. The number of carbonyl (C=O) groups is 1. The van der Waals surface area contributed by atoms with Gasteiger partial charge in [0.15, 0.2) is 0 Å². The molecule has 0 radical (unpaired) electrons. The smallest absolute Gasteiger partial charge is 0.272 e. The van der Waals surface area contributed by atoms with Crippen molar-refractivity contribution in [1.82, 2.24) is 14.8 Å². The van der Waals surface area contributed by atoms with E-state index in [1.54, 1.807) is 13.2 Å². The highest BCUT2D eigenvalue weighted by atomic mass is 16.5. The third-order valence-electron chi connectivity index (χ3n) is 4.64. The lowest BCUT2D eigenvalue weighted by molar-refractivity contribution is 0.0776. The van der Waals surface area contributed by atoms with Crippen molar-refractivity contribution >= 4 is 16.8 Å². The molecule has 0 bridgehead atoms. The fourth-order valence-corrected chi connectivity index (χ4v) is 3.30. The number of hydrogen-bond donors (Lipinski definition) is 0. The standard InChI is InChI=1S/C18H23N3O2/c1-12-10-21(11-17(12)20(2)3)18(22)16-7-5-13-9-14(23-4)6-8-15(13)19-16/h5-9,12,17H,10-11H2,1-4H3/t12-,17+/m1/s1. The quantitative estimate of drug-likeness (QED) is 0.872. The van der Waals surface area contributed by atoms with E-state index in [4.69, 9.17) is 4.74 Å². The average molecular weight is 313 g/mol. The van der Waals surface area contributed by atoms with E-state index in [-0.39, 0.29) is 5.91 Å². The highest BCUT2D eigenvalue weighted by Crippen LogP contribution is 2.23. The Labute approximate surface area is 136 Å². The molecule has 2 atom stereocenters. The molecule has 1 aliphatic rings. The molecule has 1 aromatic carbocycles. The maximum atomic E-state index is 12.7. The molecule has 1 saturated heterocycles. The van der Waals surface area contributed by atoms with Crippen LogP contribution in [0, 0.1) is 5.92 Å². The summed E-state index contributed by atoms with van der Waals surface area (Å²) in [6, 6.07) is 9.82. The molecule has 3 rings (SSSR count). The molecule has 0 saturated carbocycles. The maximum absolute atomic E-state index is 12.7. The molecule has 1 aromatic heterocycles. The predicted octanol–water partition coefficient (Wildman–Crippen LogP) is 2.27. The van der Waals surface area contributed by atoms with Crippen molar-refractivity contribution < 1.29 is 9.53 Å². The molecule has 23 heavy (non-hydrogen) atoms. The summed E-state index contributed by atoms with van der Waals surface area (Å²) >= 11 is 0. The topological polar surface area (TPSA) is 45.7 Å². The zero-order valence-electron chi connectivity index (χ0n) is 14.1. The van der Waals surface area contributed by atoms with E-state index in [0.29, 0.717) is 17.7 Å². The Morgan fingerprint density at radius 2 is 2.04 bits per heavy atom. The number of nitrogens with zero attached hydrogens (tertiary/aromatic N) is 3. The highest BCUT2D eigenvalue weighted by molar-refractivity contribution is 5.95. The van der Waals surface area contributed by atoms with Crippen LogP contribution < -0.4 is 4.74 Å². The SMILES string of the molecule is COc1ccc2nc(C(=O)N3C[C@@H](C)[C@@H](N(C)C)C3)ccc2c1. The van der Waals surface area contributed by atoms with E-state index in [1.165, 1.54) is 0 Å². The Kier molecular flexibility index (Phi) is 4.22. The number of methoxy groups -OCH3 is 1. The summed E-state index contributed by atoms with van der Waals surface area (Å²) in [5, 5.41) is 0.974. The van der Waals surface area contributed by atoms with Crippen LogP contribution in [-0.4, -0.2) is 61.0 Å². The van der Waals surface area contributed by atoms with Gasteiger partial charge in [0.25, 0.3) is 5.91 Å². The third kappa shape index (κ3) is 3.01. The second-order valence-corrected chi connectivity index (χ2v) is 6.47. The van der Waals surface area contributed by atoms with Gasteiger partial charge in [-0.25, -0.2) is 4.98 Å². The number of rotatable bonds is 3. The van der Waals surface area contributed by atoms with Gasteiger partial charge < -0.3 is 14.5 Å². The van der Waals surface area contributed by atoms with Crippen LogP contribution in [0.1, 0.15) is 17.4 Å². The summed E-state index contributed by atoms with van der Waals surface area (Å²) in [5.74, 6) is 1.28. The number of aromatic nitrogens is 1. The van der Waals surface area contributed by atoms with Crippen molar-refractivity contribution in [1.29, 1.82) is 0 Å². The van der Waals surface area contributed by atoms with Gasteiger partial charge in [-0.15, -0.1) is 0 Å². The normalized spacial score (nSPS) is 21.2. The molecule has 1 amide bonds. The first kappa shape index (κ1) is 15.7. The molecule has 2 aromatic rings. The maximum Gasteiger partial charge on any atom is 0.272 e. The molecule has 0 N–H and O–H groups in total. The van der Waals surface area contributed by atoms with Crippen molar-refractivity contribution in [3.05, 3.63) is 36.0 Å². The molecule has 5 nitrogen and oxygen atoms in total. The highest BCUT2D eigenvalue weighted by Gasteiger charge is 2.34. The van der Waals surface area contributed by atoms with Gasteiger partial charge in [-0.1, -0.05) is 13.0 Å². The predicted molar refractivity (Wildman–Crippen MR) is 90.8 cm³/mol. The first-order chi connectivity index (χ1) is 11.0. The summed E-state index contributed by atoms with van der Waals surface area (Å²) in [5.41, 5.74) is 1.32. The monoisotopic (exact) mass is 313 g/mol. The zero-order valence-corrected chi connectivity index (χ0v) is 14.1. The molecule has 1 aliphatic heterocycles. The summed E-state index contributed by atoms with van der Waals surface area (Å²) in [7, 11) is 5.77. The number of pyridine rings is 1. The largest absolute Gasteiger partial charge is 0.497 e. The van der Waals surface area contributed by atoms with Crippen molar-refractivity contribution in [2.24, 2.45) is 5.92 Å². The lowest BCUT2D eigenvalue weighted by Crippen LogP contribution is -2.36. The minimum absolute atomic E-state index is 0.0129. The van der Waals surface area contributed by atoms with Crippen LogP contribution in [0.25, 0.3) is 10.9 Å². The van der Waals surface area contributed by atoms with Crippen molar-refractivity contribution in [2.45, 2.75) is 13.0 Å². The minimum Gasteiger partial charge on any atom is -0.497 e. The van der Waals surface area contributed by atoms with Crippen LogP contribution in [0.5, 0.6) is 5.75 Å². The Bertz CT molecular complexity index is 729. The second-order valence-electron chi connectivity index (χ2n) is 6.47. The van der Waals surface area contributed by atoms with Crippen LogP contribution >= 0.6 is 0 Å². The summed E-state index contributed by atoms with van der Waals surface area (Å²) in [6.07, 6.45) is 0. The van der Waals surface area contributed by atoms with E-state index in [0.717, 1.165) is 29.7 Å². The molecule has 5 heteroatoms. The zero-order chi connectivity index (χ0) is 16.6. The van der Waals surface area contributed by atoms with Crippen molar-refractivity contribution in [3.63, 3.8) is 0 Å². The molecule has 1 fully saturated rings. The Hall–Kier alpha value is -2.14. The van der Waals surface area contributed by atoms with Crippen LogP contribution in [-0.2, 0) is 0 Å². The summed E-state index contributed by atoms with van der Waals surface area (Å²) in [4.78, 5) is 21.4. The van der Waals surface area contributed by atoms with Gasteiger partial charge in [0, 0.05) is 24.5 Å². The van der Waals surface area contributed by atoms with Crippen molar-refractivity contribution in [2.75, 3.05) is 34.3 Å². The van der Waals surface area contributed by atoms with Gasteiger partial charge in [0.2, 0.25) is 0 Å². The average Bonchev–Trinajstić information content (AvgIpc) is 2.95. The van der Waals surface area contributed by atoms with Gasteiger partial charge in [-0.3, -0.25) is 4.79 Å². The van der Waals surface area contributed by atoms with E-state index < -0.39 is 0 Å². The second kappa shape index (κ2) is 6.16. The summed E-state index contributed by atoms with van der Waals surface area (Å²) < 4.78 is 5.22.